The Bertz CT molecular complexity index is 1060. The molecule has 0 saturated carbocycles. The molecule has 0 aliphatic carbocycles. The van der Waals surface area contributed by atoms with Crippen molar-refractivity contribution in [3.8, 4) is 0 Å². The van der Waals surface area contributed by atoms with E-state index in [0.717, 1.165) is 29.7 Å². The second-order valence-electron chi connectivity index (χ2n) is 7.36. The minimum absolute atomic E-state index is 0.160. The first kappa shape index (κ1) is 20.0. The molecule has 0 radical (unpaired) electrons. The number of benzene rings is 2. The molecule has 1 aromatic heterocycles. The fourth-order valence-corrected chi connectivity index (χ4v) is 4.34. The number of carbonyl (C=O) groups excluding carboxylic acids is 2. The molecule has 154 valence electrons. The van der Waals surface area contributed by atoms with Crippen molar-refractivity contribution in [1.82, 2.24) is 15.1 Å². The summed E-state index contributed by atoms with van der Waals surface area (Å²) >= 11 is 1.24. The normalized spacial score (nSPS) is 15.8. The van der Waals surface area contributed by atoms with Gasteiger partial charge in [0.25, 0.3) is 5.91 Å². The highest BCUT2D eigenvalue weighted by Crippen LogP contribution is 2.34. The molecule has 0 bridgehead atoms. The monoisotopic (exact) mass is 421 g/mol. The Hall–Kier alpha value is -3.26. The number of para-hydroxylation sites is 1. The van der Waals surface area contributed by atoms with Gasteiger partial charge in [-0.25, -0.2) is 4.79 Å². The number of urea groups is 1. The van der Waals surface area contributed by atoms with Gasteiger partial charge in [0, 0.05) is 17.9 Å². The molecule has 1 saturated heterocycles. The van der Waals surface area contributed by atoms with Crippen LogP contribution in [0.2, 0.25) is 0 Å². The average molecular weight is 422 g/mol. The maximum atomic E-state index is 12.9. The van der Waals surface area contributed by atoms with E-state index in [9.17, 15) is 9.59 Å². The number of hydrogen-bond acceptors (Lipinski definition) is 5. The summed E-state index contributed by atoms with van der Waals surface area (Å²) < 4.78 is 0. The van der Waals surface area contributed by atoms with Gasteiger partial charge in [-0.05, 0) is 50.5 Å². The molecule has 3 aromatic rings. The minimum Gasteiger partial charge on any atom is -0.320 e. The molecule has 8 heteroatoms. The number of likely N-dealkylation sites (tertiary alicyclic amines) is 1. The van der Waals surface area contributed by atoms with Crippen molar-refractivity contribution in [1.29, 1.82) is 0 Å². The highest BCUT2D eigenvalue weighted by atomic mass is 32.1. The Morgan fingerprint density at radius 1 is 1.03 bits per heavy atom. The van der Waals surface area contributed by atoms with Crippen LogP contribution in [0.1, 0.15) is 44.8 Å². The van der Waals surface area contributed by atoms with Crippen LogP contribution in [0.3, 0.4) is 0 Å². The van der Waals surface area contributed by atoms with Gasteiger partial charge in [-0.2, -0.15) is 0 Å². The zero-order chi connectivity index (χ0) is 21.1. The van der Waals surface area contributed by atoms with E-state index in [-0.39, 0.29) is 23.0 Å². The van der Waals surface area contributed by atoms with Gasteiger partial charge in [-0.1, -0.05) is 47.2 Å². The third kappa shape index (κ3) is 4.33. The van der Waals surface area contributed by atoms with Crippen molar-refractivity contribution < 1.29 is 9.59 Å². The Morgan fingerprint density at radius 3 is 2.57 bits per heavy atom. The third-order valence-corrected chi connectivity index (χ3v) is 6.15. The number of amides is 3. The van der Waals surface area contributed by atoms with Crippen molar-refractivity contribution >= 4 is 34.6 Å². The molecule has 2 aromatic carbocycles. The molecule has 2 N–H and O–H groups in total. The highest BCUT2D eigenvalue weighted by molar-refractivity contribution is 7.13. The molecular formula is C22H23N5O2S. The second-order valence-corrected chi connectivity index (χ2v) is 8.37. The minimum atomic E-state index is -0.295. The topological polar surface area (TPSA) is 87.2 Å². The predicted octanol–water partition coefficient (Wildman–Crippen LogP) is 4.78. The van der Waals surface area contributed by atoms with Crippen molar-refractivity contribution in [2.45, 2.75) is 32.7 Å². The lowest BCUT2D eigenvalue weighted by Crippen LogP contribution is -2.34. The van der Waals surface area contributed by atoms with Crippen LogP contribution < -0.4 is 10.6 Å². The van der Waals surface area contributed by atoms with Gasteiger partial charge in [0.15, 0.2) is 0 Å². The van der Waals surface area contributed by atoms with E-state index in [4.69, 9.17) is 0 Å². The maximum absolute atomic E-state index is 12.9. The van der Waals surface area contributed by atoms with E-state index in [0.29, 0.717) is 17.2 Å². The van der Waals surface area contributed by atoms with E-state index in [1.165, 1.54) is 11.3 Å². The number of carbonyl (C=O) groups is 2. The van der Waals surface area contributed by atoms with Crippen molar-refractivity contribution in [2.75, 3.05) is 17.2 Å². The first-order valence-electron chi connectivity index (χ1n) is 9.86. The van der Waals surface area contributed by atoms with Gasteiger partial charge in [0.1, 0.15) is 5.01 Å². The molecule has 30 heavy (non-hydrogen) atoms. The average Bonchev–Trinajstić information content (AvgIpc) is 3.40. The lowest BCUT2D eigenvalue weighted by atomic mass is 10.2. The molecule has 1 atom stereocenters. The standard InChI is InChI=1S/C22H23N5O2S/c1-14-9-11-16(12-10-14)23-19(28)21-26-25-20(30-21)18-8-5-13-27(18)22(29)24-17-7-4-3-6-15(17)2/h3-4,6-7,9-12,18H,5,8,13H2,1-2H3,(H,23,28)(H,24,29)/t18-/m0/s1. The van der Waals surface area contributed by atoms with Crippen molar-refractivity contribution in [3.05, 3.63) is 69.7 Å². The maximum Gasteiger partial charge on any atom is 0.322 e. The Labute approximate surface area is 179 Å². The van der Waals surface area contributed by atoms with E-state index < -0.39 is 0 Å². The molecule has 1 fully saturated rings. The Morgan fingerprint density at radius 2 is 1.80 bits per heavy atom. The third-order valence-electron chi connectivity index (χ3n) is 5.13. The molecule has 2 heterocycles. The van der Waals surface area contributed by atoms with Gasteiger partial charge in [0.05, 0.1) is 6.04 Å². The number of anilines is 2. The van der Waals surface area contributed by atoms with Crippen LogP contribution in [0.15, 0.2) is 48.5 Å². The lowest BCUT2D eigenvalue weighted by Gasteiger charge is -2.23. The molecule has 7 nitrogen and oxygen atoms in total. The number of nitrogens with zero attached hydrogens (tertiary/aromatic N) is 3. The Balaban J connectivity index is 1.45. The summed E-state index contributed by atoms with van der Waals surface area (Å²) in [7, 11) is 0. The van der Waals surface area contributed by atoms with Crippen molar-refractivity contribution in [2.24, 2.45) is 0 Å². The Kier molecular flexibility index (Phi) is 5.76. The quantitative estimate of drug-likeness (QED) is 0.635. The summed E-state index contributed by atoms with van der Waals surface area (Å²) in [6.45, 7) is 4.60. The summed E-state index contributed by atoms with van der Waals surface area (Å²) in [5.41, 5.74) is 3.63. The summed E-state index contributed by atoms with van der Waals surface area (Å²) in [5.74, 6) is -0.295. The van der Waals surface area contributed by atoms with Gasteiger partial charge >= 0.3 is 6.03 Å². The summed E-state index contributed by atoms with van der Waals surface area (Å²) in [6.07, 6.45) is 1.69. The fraction of sp³-hybridized carbons (Fsp3) is 0.273. The van der Waals surface area contributed by atoms with Crippen LogP contribution in [-0.4, -0.2) is 33.6 Å². The van der Waals surface area contributed by atoms with E-state index >= 15 is 0 Å². The summed E-state index contributed by atoms with van der Waals surface area (Å²) in [4.78, 5) is 27.1. The van der Waals surface area contributed by atoms with E-state index in [1.54, 1.807) is 4.90 Å². The van der Waals surface area contributed by atoms with Gasteiger partial charge in [-0.15, -0.1) is 10.2 Å². The second kappa shape index (κ2) is 8.62. The summed E-state index contributed by atoms with van der Waals surface area (Å²) in [6, 6.07) is 14.9. The first-order valence-corrected chi connectivity index (χ1v) is 10.7. The zero-order valence-corrected chi connectivity index (χ0v) is 17.7. The van der Waals surface area contributed by atoms with Crippen LogP contribution in [0, 0.1) is 13.8 Å². The molecule has 0 unspecified atom stereocenters. The van der Waals surface area contributed by atoms with E-state index in [1.807, 2.05) is 62.4 Å². The summed E-state index contributed by atoms with van der Waals surface area (Å²) in [5, 5.41) is 15.1. The van der Waals surface area contributed by atoms with Crippen LogP contribution in [0.25, 0.3) is 0 Å². The zero-order valence-electron chi connectivity index (χ0n) is 16.9. The van der Waals surface area contributed by atoms with Gasteiger partial charge in [0.2, 0.25) is 5.01 Å². The number of nitrogens with one attached hydrogen (secondary N) is 2. The van der Waals surface area contributed by atoms with E-state index in [2.05, 4.69) is 20.8 Å². The first-order chi connectivity index (χ1) is 14.5. The molecule has 4 rings (SSSR count). The smallest absolute Gasteiger partial charge is 0.320 e. The SMILES string of the molecule is Cc1ccc(NC(=O)c2nnc([C@@H]3CCCN3C(=O)Nc3ccccc3C)s2)cc1. The number of aromatic nitrogens is 2. The predicted molar refractivity (Wildman–Crippen MR) is 118 cm³/mol. The van der Waals surface area contributed by atoms with Gasteiger partial charge < -0.3 is 15.5 Å². The van der Waals surface area contributed by atoms with Gasteiger partial charge in [-0.3, -0.25) is 4.79 Å². The largest absolute Gasteiger partial charge is 0.322 e. The van der Waals surface area contributed by atoms with Crippen LogP contribution in [-0.2, 0) is 0 Å². The number of rotatable bonds is 4. The molecule has 1 aliphatic heterocycles. The number of aryl methyl sites for hydroxylation is 2. The van der Waals surface area contributed by atoms with Crippen molar-refractivity contribution in [3.63, 3.8) is 0 Å². The van der Waals surface area contributed by atoms with Crippen LogP contribution in [0.5, 0.6) is 0 Å². The molecule has 1 aliphatic rings. The van der Waals surface area contributed by atoms with Crippen LogP contribution >= 0.6 is 11.3 Å². The van der Waals surface area contributed by atoms with Crippen LogP contribution in [0.4, 0.5) is 16.2 Å². The fourth-order valence-electron chi connectivity index (χ4n) is 3.45. The number of hydrogen-bond donors (Lipinski definition) is 2. The molecule has 0 spiro atoms. The molecule has 3 amide bonds. The molecular weight excluding hydrogens is 398 g/mol. The highest BCUT2D eigenvalue weighted by Gasteiger charge is 2.33. The lowest BCUT2D eigenvalue weighted by molar-refractivity contribution is 0.102.